The summed E-state index contributed by atoms with van der Waals surface area (Å²) in [6.45, 7) is 0.675. The molecule has 1 amide bonds. The van der Waals surface area contributed by atoms with E-state index >= 15 is 0 Å². The number of hydrogen-bond acceptors (Lipinski definition) is 2. The SMILES string of the molecule is CN(C)C1(c2ccccc2)CCC2(CC1)c1[nH]c3ccccc3c1CCN2C(=O)c1ccc(Cl)c(Cl)c1. The van der Waals surface area contributed by atoms with Crippen molar-refractivity contribution in [1.29, 1.82) is 0 Å². The van der Waals surface area contributed by atoms with E-state index in [0.29, 0.717) is 22.2 Å². The number of rotatable bonds is 3. The van der Waals surface area contributed by atoms with E-state index in [1.165, 1.54) is 22.2 Å². The third-order valence-electron chi connectivity index (χ3n) is 8.86. The molecule has 1 fully saturated rings. The van der Waals surface area contributed by atoms with Crippen LogP contribution in [0.3, 0.4) is 0 Å². The molecule has 6 rings (SSSR count). The van der Waals surface area contributed by atoms with Gasteiger partial charge in [-0.3, -0.25) is 9.69 Å². The Labute approximate surface area is 228 Å². The number of hydrogen-bond donors (Lipinski definition) is 1. The summed E-state index contributed by atoms with van der Waals surface area (Å²) in [5.41, 5.74) is 5.13. The van der Waals surface area contributed by atoms with Crippen molar-refractivity contribution in [3.63, 3.8) is 0 Å². The molecule has 4 aromatic rings. The fraction of sp³-hybridized carbons (Fsp3) is 0.323. The van der Waals surface area contributed by atoms with Crippen molar-refractivity contribution in [1.82, 2.24) is 14.8 Å². The van der Waals surface area contributed by atoms with E-state index < -0.39 is 5.54 Å². The summed E-state index contributed by atoms with van der Waals surface area (Å²) in [7, 11) is 4.36. The zero-order chi connectivity index (χ0) is 25.8. The molecule has 6 heteroatoms. The van der Waals surface area contributed by atoms with Crippen LogP contribution in [0.5, 0.6) is 0 Å². The van der Waals surface area contributed by atoms with Crippen molar-refractivity contribution in [2.75, 3.05) is 20.6 Å². The van der Waals surface area contributed by atoms with Crippen molar-refractivity contribution in [3.05, 3.63) is 105 Å². The van der Waals surface area contributed by atoms with Gasteiger partial charge in [0.2, 0.25) is 0 Å². The van der Waals surface area contributed by atoms with Crippen LogP contribution in [-0.2, 0) is 17.5 Å². The van der Waals surface area contributed by atoms with E-state index in [9.17, 15) is 4.79 Å². The minimum Gasteiger partial charge on any atom is -0.356 e. The van der Waals surface area contributed by atoms with Gasteiger partial charge in [0.05, 0.1) is 15.6 Å². The zero-order valence-electron chi connectivity index (χ0n) is 21.2. The first-order valence-corrected chi connectivity index (χ1v) is 13.7. The van der Waals surface area contributed by atoms with Gasteiger partial charge in [0, 0.05) is 34.2 Å². The molecule has 1 aliphatic carbocycles. The molecule has 0 saturated heterocycles. The maximum Gasteiger partial charge on any atom is 0.254 e. The lowest BCUT2D eigenvalue weighted by atomic mass is 9.65. The van der Waals surface area contributed by atoms with Crippen LogP contribution in [0, 0.1) is 0 Å². The molecule has 1 saturated carbocycles. The third-order valence-corrected chi connectivity index (χ3v) is 9.60. The minimum atomic E-state index is -0.413. The largest absolute Gasteiger partial charge is 0.356 e. The second kappa shape index (κ2) is 9.20. The van der Waals surface area contributed by atoms with Gasteiger partial charge in [0.1, 0.15) is 0 Å². The van der Waals surface area contributed by atoms with Gasteiger partial charge in [-0.1, -0.05) is 71.7 Å². The first-order valence-electron chi connectivity index (χ1n) is 13.0. The van der Waals surface area contributed by atoms with E-state index in [-0.39, 0.29) is 11.4 Å². The summed E-state index contributed by atoms with van der Waals surface area (Å²) >= 11 is 12.5. The van der Waals surface area contributed by atoms with Crippen molar-refractivity contribution < 1.29 is 4.79 Å². The Morgan fingerprint density at radius 1 is 0.892 bits per heavy atom. The van der Waals surface area contributed by atoms with Crippen molar-refractivity contribution in [2.45, 2.75) is 43.2 Å². The van der Waals surface area contributed by atoms with Crippen LogP contribution in [0.4, 0.5) is 0 Å². The number of nitrogens with one attached hydrogen (secondary N) is 1. The van der Waals surface area contributed by atoms with Gasteiger partial charge in [-0.2, -0.15) is 0 Å². The Hall–Kier alpha value is -2.79. The van der Waals surface area contributed by atoms with Crippen molar-refractivity contribution >= 4 is 40.0 Å². The molecule has 1 aliphatic heterocycles. The molecule has 1 aromatic heterocycles. The highest BCUT2D eigenvalue weighted by atomic mass is 35.5. The topological polar surface area (TPSA) is 39.3 Å². The van der Waals surface area contributed by atoms with Gasteiger partial charge in [-0.05, 0) is 81.6 Å². The van der Waals surface area contributed by atoms with Crippen LogP contribution in [0.1, 0.15) is 52.9 Å². The van der Waals surface area contributed by atoms with E-state index in [1.807, 2.05) is 0 Å². The van der Waals surface area contributed by atoms with Crippen molar-refractivity contribution in [3.8, 4) is 0 Å². The Balaban J connectivity index is 1.47. The van der Waals surface area contributed by atoms with Gasteiger partial charge < -0.3 is 9.88 Å². The molecule has 2 aliphatic rings. The number of H-pyrrole nitrogens is 1. The molecule has 0 bridgehead atoms. The number of para-hydroxylation sites is 1. The molecule has 2 heterocycles. The monoisotopic (exact) mass is 531 g/mol. The van der Waals surface area contributed by atoms with E-state index in [2.05, 4.69) is 83.5 Å². The number of carbonyl (C=O) groups is 1. The summed E-state index contributed by atoms with van der Waals surface area (Å²) in [4.78, 5) is 22.4. The number of fused-ring (bicyclic) bond motifs is 4. The zero-order valence-corrected chi connectivity index (χ0v) is 22.7. The fourth-order valence-electron chi connectivity index (χ4n) is 6.85. The highest BCUT2D eigenvalue weighted by molar-refractivity contribution is 6.42. The van der Waals surface area contributed by atoms with E-state index in [4.69, 9.17) is 23.2 Å². The normalized spacial score (nSPS) is 23.5. The molecular weight excluding hydrogens is 501 g/mol. The van der Waals surface area contributed by atoms with E-state index in [0.717, 1.165) is 37.6 Å². The molecule has 1 spiro atoms. The van der Waals surface area contributed by atoms with Gasteiger partial charge in [0.15, 0.2) is 0 Å². The average molecular weight is 533 g/mol. The number of aromatic amines is 1. The van der Waals surface area contributed by atoms with Crippen LogP contribution in [0.2, 0.25) is 10.0 Å². The second-order valence-electron chi connectivity index (χ2n) is 10.7. The quantitative estimate of drug-likeness (QED) is 0.299. The highest BCUT2D eigenvalue weighted by Gasteiger charge is 2.53. The Morgan fingerprint density at radius 3 is 2.30 bits per heavy atom. The highest BCUT2D eigenvalue weighted by Crippen LogP contribution is 2.54. The molecular formula is C31H31Cl2N3O. The lowest BCUT2D eigenvalue weighted by Crippen LogP contribution is -2.58. The van der Waals surface area contributed by atoms with Gasteiger partial charge in [-0.25, -0.2) is 0 Å². The standard InChI is InChI=1S/C31H31Cl2N3O/c1-35(2)30(22-8-4-3-5-9-22)15-17-31(18-16-30)28-24(23-10-6-7-11-27(23)34-28)14-19-36(31)29(37)21-12-13-25(32)26(33)20-21/h3-13,20,34H,14-19H2,1-2H3. The van der Waals surface area contributed by atoms with Crippen LogP contribution in [-0.4, -0.2) is 41.3 Å². The first-order chi connectivity index (χ1) is 17.9. The minimum absolute atomic E-state index is 0.0138. The molecule has 0 radical (unpaired) electrons. The lowest BCUT2D eigenvalue weighted by molar-refractivity contribution is -0.0141. The predicted molar refractivity (Wildman–Crippen MR) is 151 cm³/mol. The number of nitrogens with zero attached hydrogens (tertiary/aromatic N) is 2. The molecule has 0 atom stereocenters. The predicted octanol–water partition coefficient (Wildman–Crippen LogP) is 7.40. The van der Waals surface area contributed by atoms with Gasteiger partial charge in [-0.15, -0.1) is 0 Å². The molecule has 37 heavy (non-hydrogen) atoms. The number of halogens is 2. The van der Waals surface area contributed by atoms with Crippen molar-refractivity contribution in [2.24, 2.45) is 0 Å². The smallest absolute Gasteiger partial charge is 0.254 e. The fourth-order valence-corrected chi connectivity index (χ4v) is 7.15. The molecule has 1 N–H and O–H groups in total. The summed E-state index contributed by atoms with van der Waals surface area (Å²) in [5.74, 6) is 0.0138. The summed E-state index contributed by atoms with van der Waals surface area (Å²) in [6, 6.07) is 24.5. The van der Waals surface area contributed by atoms with Crippen LogP contribution < -0.4 is 0 Å². The second-order valence-corrected chi connectivity index (χ2v) is 11.5. The Morgan fingerprint density at radius 2 is 1.59 bits per heavy atom. The summed E-state index contributed by atoms with van der Waals surface area (Å²) in [6.07, 6.45) is 4.46. The van der Waals surface area contributed by atoms with Crippen LogP contribution >= 0.6 is 23.2 Å². The van der Waals surface area contributed by atoms with Crippen LogP contribution in [0.15, 0.2) is 72.8 Å². The molecule has 0 unspecified atom stereocenters. The van der Waals surface area contributed by atoms with Crippen LogP contribution in [0.25, 0.3) is 10.9 Å². The summed E-state index contributed by atoms with van der Waals surface area (Å²) < 4.78 is 0. The lowest BCUT2D eigenvalue weighted by Gasteiger charge is -2.55. The van der Waals surface area contributed by atoms with E-state index in [1.54, 1.807) is 18.2 Å². The molecule has 190 valence electrons. The average Bonchev–Trinajstić information content (AvgIpc) is 3.31. The maximum atomic E-state index is 14.1. The number of amides is 1. The number of aromatic nitrogens is 1. The molecule has 3 aromatic carbocycles. The van der Waals surface area contributed by atoms with Gasteiger partial charge in [0.25, 0.3) is 5.91 Å². The Kier molecular flexibility index (Phi) is 6.10. The number of carbonyl (C=O) groups excluding carboxylic acids is 1. The number of benzene rings is 3. The van der Waals surface area contributed by atoms with Gasteiger partial charge >= 0.3 is 0 Å². The summed E-state index contributed by atoms with van der Waals surface area (Å²) in [5, 5.41) is 2.14. The first kappa shape index (κ1) is 24.5. The molecule has 4 nitrogen and oxygen atoms in total. The Bertz CT molecular complexity index is 1470. The maximum absolute atomic E-state index is 14.1. The third kappa shape index (κ3) is 3.80.